The van der Waals surface area contributed by atoms with Crippen LogP contribution < -0.4 is 16.0 Å². The van der Waals surface area contributed by atoms with Crippen LogP contribution >= 0.6 is 27.3 Å². The van der Waals surface area contributed by atoms with E-state index in [2.05, 4.69) is 21.4 Å². The minimum Gasteiger partial charge on any atom is -0.497 e. The highest BCUT2D eigenvalue weighted by Gasteiger charge is 2.17. The Balaban J connectivity index is 2.38. The van der Waals surface area contributed by atoms with E-state index in [1.807, 2.05) is 35.7 Å². The summed E-state index contributed by atoms with van der Waals surface area (Å²) in [4.78, 5) is 1.15. The van der Waals surface area contributed by atoms with Crippen LogP contribution in [-0.2, 0) is 0 Å². The van der Waals surface area contributed by atoms with Gasteiger partial charge in [-0.25, -0.2) is 5.43 Å². The fourth-order valence-corrected chi connectivity index (χ4v) is 3.34. The fourth-order valence-electron chi connectivity index (χ4n) is 1.66. The molecule has 0 fully saturated rings. The Hall–Kier alpha value is -0.880. The maximum Gasteiger partial charge on any atom is 0.119 e. The number of benzene rings is 1. The Kier molecular flexibility index (Phi) is 4.17. The Morgan fingerprint density at radius 2 is 2.24 bits per heavy atom. The van der Waals surface area contributed by atoms with Crippen LogP contribution in [0.2, 0.25) is 0 Å². The van der Waals surface area contributed by atoms with Crippen molar-refractivity contribution in [1.29, 1.82) is 0 Å². The highest BCUT2D eigenvalue weighted by atomic mass is 79.9. The largest absolute Gasteiger partial charge is 0.497 e. The van der Waals surface area contributed by atoms with Crippen LogP contribution in [0, 0.1) is 0 Å². The van der Waals surface area contributed by atoms with E-state index < -0.39 is 0 Å². The molecule has 17 heavy (non-hydrogen) atoms. The van der Waals surface area contributed by atoms with Crippen molar-refractivity contribution >= 4 is 27.3 Å². The average molecular weight is 313 g/mol. The van der Waals surface area contributed by atoms with Gasteiger partial charge in [0.1, 0.15) is 5.75 Å². The molecule has 0 aliphatic heterocycles. The highest BCUT2D eigenvalue weighted by molar-refractivity contribution is 9.10. The van der Waals surface area contributed by atoms with Crippen molar-refractivity contribution in [2.24, 2.45) is 5.84 Å². The summed E-state index contributed by atoms with van der Waals surface area (Å²) in [5.41, 5.74) is 3.92. The minimum absolute atomic E-state index is 0.0283. The molecule has 1 aromatic carbocycles. The van der Waals surface area contributed by atoms with Crippen LogP contribution in [0.15, 0.2) is 40.2 Å². The molecule has 1 heterocycles. The van der Waals surface area contributed by atoms with Gasteiger partial charge in [-0.1, -0.05) is 12.1 Å². The summed E-state index contributed by atoms with van der Waals surface area (Å²) in [7, 11) is 1.66. The molecule has 0 bridgehead atoms. The quantitative estimate of drug-likeness (QED) is 0.674. The lowest BCUT2D eigenvalue weighted by atomic mass is 10.1. The number of thiophene rings is 1. The fraction of sp³-hybridized carbons (Fsp3) is 0.167. The van der Waals surface area contributed by atoms with E-state index in [1.54, 1.807) is 18.4 Å². The first kappa shape index (κ1) is 12.6. The Morgan fingerprint density at radius 1 is 1.41 bits per heavy atom. The maximum atomic E-state index is 5.65. The Labute approximate surface area is 113 Å². The van der Waals surface area contributed by atoms with Gasteiger partial charge in [0.2, 0.25) is 0 Å². The monoisotopic (exact) mass is 312 g/mol. The van der Waals surface area contributed by atoms with Gasteiger partial charge < -0.3 is 4.74 Å². The smallest absolute Gasteiger partial charge is 0.119 e. The van der Waals surface area contributed by atoms with Crippen molar-refractivity contribution in [2.45, 2.75) is 6.04 Å². The molecule has 1 aromatic heterocycles. The number of hydrogen-bond donors (Lipinski definition) is 2. The molecule has 1 unspecified atom stereocenters. The number of nitrogens with one attached hydrogen (secondary N) is 1. The number of hydrazine groups is 1. The Morgan fingerprint density at radius 3 is 2.82 bits per heavy atom. The molecule has 5 heteroatoms. The van der Waals surface area contributed by atoms with Gasteiger partial charge in [0, 0.05) is 9.35 Å². The molecule has 1 atom stereocenters. The van der Waals surface area contributed by atoms with Crippen LogP contribution in [0.4, 0.5) is 0 Å². The van der Waals surface area contributed by atoms with Crippen molar-refractivity contribution < 1.29 is 4.74 Å². The molecule has 90 valence electrons. The Bertz CT molecular complexity index is 501. The third-order valence-corrected chi connectivity index (χ3v) is 4.44. The van der Waals surface area contributed by atoms with Crippen molar-refractivity contribution in [2.75, 3.05) is 7.11 Å². The van der Waals surface area contributed by atoms with Gasteiger partial charge in [-0.2, -0.15) is 0 Å². The zero-order chi connectivity index (χ0) is 12.3. The summed E-state index contributed by atoms with van der Waals surface area (Å²) >= 11 is 5.18. The van der Waals surface area contributed by atoms with Gasteiger partial charge in [0.25, 0.3) is 0 Å². The van der Waals surface area contributed by atoms with Crippen LogP contribution in [0.1, 0.15) is 16.5 Å². The van der Waals surface area contributed by atoms with E-state index in [0.717, 1.165) is 20.7 Å². The van der Waals surface area contributed by atoms with Gasteiger partial charge in [-0.15, -0.1) is 11.3 Å². The van der Waals surface area contributed by atoms with Crippen molar-refractivity contribution in [1.82, 2.24) is 5.43 Å². The molecule has 0 aliphatic rings. The summed E-state index contributed by atoms with van der Waals surface area (Å²) in [6.45, 7) is 0. The van der Waals surface area contributed by atoms with Crippen molar-refractivity contribution in [3.63, 3.8) is 0 Å². The first-order valence-electron chi connectivity index (χ1n) is 5.09. The number of ether oxygens (including phenoxy) is 1. The molecule has 3 nitrogen and oxygen atoms in total. The predicted octanol–water partition coefficient (Wildman–Crippen LogP) is 3.07. The molecule has 2 aromatic rings. The predicted molar refractivity (Wildman–Crippen MR) is 74.2 cm³/mol. The molecule has 0 amide bonds. The van der Waals surface area contributed by atoms with Gasteiger partial charge in [-0.05, 0) is 45.1 Å². The zero-order valence-electron chi connectivity index (χ0n) is 9.31. The van der Waals surface area contributed by atoms with Crippen LogP contribution in [0.5, 0.6) is 5.75 Å². The minimum atomic E-state index is -0.0283. The summed E-state index contributed by atoms with van der Waals surface area (Å²) in [5, 5.41) is 2.03. The first-order chi connectivity index (χ1) is 8.26. The number of methoxy groups -OCH3 is 1. The van der Waals surface area contributed by atoms with Gasteiger partial charge in [0.05, 0.1) is 13.2 Å². The summed E-state index contributed by atoms with van der Waals surface area (Å²) < 4.78 is 6.28. The standard InChI is InChI=1S/C12H13BrN2OS/c1-16-9-4-2-3-8(7-9)11(15-14)12-10(13)5-6-17-12/h2-7,11,15H,14H2,1H3. The van der Waals surface area contributed by atoms with E-state index in [0.29, 0.717) is 0 Å². The molecule has 0 saturated carbocycles. The SMILES string of the molecule is COc1cccc(C(NN)c2sccc2Br)c1. The van der Waals surface area contributed by atoms with Gasteiger partial charge in [0.15, 0.2) is 0 Å². The van der Waals surface area contributed by atoms with E-state index in [4.69, 9.17) is 10.6 Å². The summed E-state index contributed by atoms with van der Waals surface area (Å²) in [6, 6.07) is 9.88. The van der Waals surface area contributed by atoms with Crippen LogP contribution in [0.25, 0.3) is 0 Å². The topological polar surface area (TPSA) is 47.3 Å². The van der Waals surface area contributed by atoms with Gasteiger partial charge in [-0.3, -0.25) is 5.84 Å². The normalized spacial score (nSPS) is 12.4. The summed E-state index contributed by atoms with van der Waals surface area (Å²) in [5.74, 6) is 6.48. The first-order valence-corrected chi connectivity index (χ1v) is 6.76. The number of nitrogens with two attached hydrogens (primary N) is 1. The van der Waals surface area contributed by atoms with E-state index in [1.165, 1.54) is 0 Å². The number of halogens is 1. The second-order valence-electron chi connectivity index (χ2n) is 3.51. The van der Waals surface area contributed by atoms with Crippen molar-refractivity contribution in [3.05, 3.63) is 50.6 Å². The second-order valence-corrected chi connectivity index (χ2v) is 5.31. The number of hydrogen-bond acceptors (Lipinski definition) is 4. The molecule has 0 radical (unpaired) electrons. The van der Waals surface area contributed by atoms with Crippen molar-refractivity contribution in [3.8, 4) is 5.75 Å². The molecule has 3 N–H and O–H groups in total. The number of rotatable bonds is 4. The zero-order valence-corrected chi connectivity index (χ0v) is 11.7. The molecular formula is C12H13BrN2OS. The van der Waals surface area contributed by atoms with Crippen LogP contribution in [0.3, 0.4) is 0 Å². The molecule has 2 rings (SSSR count). The molecule has 0 aliphatic carbocycles. The van der Waals surface area contributed by atoms with E-state index in [9.17, 15) is 0 Å². The third kappa shape index (κ3) is 2.69. The van der Waals surface area contributed by atoms with Crippen LogP contribution in [-0.4, -0.2) is 7.11 Å². The molecule has 0 saturated heterocycles. The highest BCUT2D eigenvalue weighted by Crippen LogP contribution is 2.33. The lowest BCUT2D eigenvalue weighted by Crippen LogP contribution is -2.28. The third-order valence-electron chi connectivity index (χ3n) is 2.50. The molecule has 0 spiro atoms. The lowest BCUT2D eigenvalue weighted by Gasteiger charge is -2.16. The molecular weight excluding hydrogens is 300 g/mol. The second kappa shape index (κ2) is 5.64. The maximum absolute atomic E-state index is 5.65. The average Bonchev–Trinajstić information content (AvgIpc) is 2.77. The van der Waals surface area contributed by atoms with E-state index >= 15 is 0 Å². The van der Waals surface area contributed by atoms with E-state index in [-0.39, 0.29) is 6.04 Å². The van der Waals surface area contributed by atoms with Gasteiger partial charge >= 0.3 is 0 Å². The summed E-state index contributed by atoms with van der Waals surface area (Å²) in [6.07, 6.45) is 0. The lowest BCUT2D eigenvalue weighted by molar-refractivity contribution is 0.413.